The van der Waals surface area contributed by atoms with Crippen molar-refractivity contribution in [1.29, 1.82) is 0 Å². The number of hydrogen-bond acceptors (Lipinski definition) is 4. The number of ether oxygens (including phenoxy) is 1. The summed E-state index contributed by atoms with van der Waals surface area (Å²) in [5.41, 5.74) is 2.79. The van der Waals surface area contributed by atoms with Crippen molar-refractivity contribution in [3.63, 3.8) is 0 Å². The molecule has 0 aliphatic heterocycles. The van der Waals surface area contributed by atoms with Crippen molar-refractivity contribution in [2.45, 2.75) is 38.8 Å². The van der Waals surface area contributed by atoms with Crippen LogP contribution in [0.3, 0.4) is 0 Å². The SMILES string of the molecule is O=C(NCCCn1cc(Cl)cn1)c1ccc(COc2ccc3c(c2)CCC3)o1. The zero-order valence-electron chi connectivity index (χ0n) is 15.5. The highest BCUT2D eigenvalue weighted by molar-refractivity contribution is 6.30. The third-order valence-corrected chi connectivity index (χ3v) is 4.98. The molecule has 1 aliphatic carbocycles. The van der Waals surface area contributed by atoms with E-state index in [9.17, 15) is 4.79 Å². The average Bonchev–Trinajstić information content (AvgIpc) is 3.43. The molecule has 0 unspecified atom stereocenters. The second-order valence-electron chi connectivity index (χ2n) is 6.87. The summed E-state index contributed by atoms with van der Waals surface area (Å²) < 4.78 is 13.2. The number of furan rings is 1. The number of benzene rings is 1. The van der Waals surface area contributed by atoms with E-state index in [0.717, 1.165) is 25.0 Å². The maximum atomic E-state index is 12.2. The molecule has 3 aromatic rings. The van der Waals surface area contributed by atoms with Crippen LogP contribution in [0.25, 0.3) is 0 Å². The molecular weight excluding hydrogens is 378 g/mol. The van der Waals surface area contributed by atoms with E-state index in [1.165, 1.54) is 17.5 Å². The number of nitrogens with zero attached hydrogens (tertiary/aromatic N) is 2. The molecule has 7 heteroatoms. The first-order valence-electron chi connectivity index (χ1n) is 9.47. The maximum absolute atomic E-state index is 12.2. The topological polar surface area (TPSA) is 69.3 Å². The number of rotatable bonds is 8. The van der Waals surface area contributed by atoms with Crippen LogP contribution in [0.15, 0.2) is 47.1 Å². The Morgan fingerprint density at radius 2 is 2.14 bits per heavy atom. The van der Waals surface area contributed by atoms with Gasteiger partial charge in [-0.15, -0.1) is 0 Å². The fourth-order valence-electron chi connectivity index (χ4n) is 3.36. The van der Waals surface area contributed by atoms with E-state index < -0.39 is 0 Å². The molecule has 0 saturated heterocycles. The Labute approximate surface area is 168 Å². The van der Waals surface area contributed by atoms with Crippen molar-refractivity contribution < 1.29 is 13.9 Å². The molecule has 0 fully saturated rings. The van der Waals surface area contributed by atoms with E-state index in [2.05, 4.69) is 22.5 Å². The van der Waals surface area contributed by atoms with Gasteiger partial charge in [0.15, 0.2) is 5.76 Å². The molecule has 0 saturated carbocycles. The Kier molecular flexibility index (Phi) is 5.67. The number of halogens is 1. The van der Waals surface area contributed by atoms with Crippen LogP contribution in [-0.2, 0) is 26.0 Å². The van der Waals surface area contributed by atoms with Crippen LogP contribution in [0, 0.1) is 0 Å². The molecule has 1 amide bonds. The van der Waals surface area contributed by atoms with Gasteiger partial charge in [-0.3, -0.25) is 9.48 Å². The lowest BCUT2D eigenvalue weighted by Crippen LogP contribution is -2.24. The highest BCUT2D eigenvalue weighted by atomic mass is 35.5. The van der Waals surface area contributed by atoms with E-state index in [4.69, 9.17) is 20.8 Å². The van der Waals surface area contributed by atoms with Crippen molar-refractivity contribution in [2.24, 2.45) is 0 Å². The van der Waals surface area contributed by atoms with Crippen LogP contribution >= 0.6 is 11.6 Å². The quantitative estimate of drug-likeness (QED) is 0.581. The van der Waals surface area contributed by atoms with Crippen LogP contribution < -0.4 is 10.1 Å². The van der Waals surface area contributed by atoms with Crippen molar-refractivity contribution in [2.75, 3.05) is 6.54 Å². The molecule has 0 spiro atoms. The summed E-state index contributed by atoms with van der Waals surface area (Å²) in [6, 6.07) is 9.67. The summed E-state index contributed by atoms with van der Waals surface area (Å²) >= 11 is 5.82. The van der Waals surface area contributed by atoms with Gasteiger partial charge < -0.3 is 14.5 Å². The molecule has 1 aliphatic rings. The summed E-state index contributed by atoms with van der Waals surface area (Å²) in [7, 11) is 0. The number of aryl methyl sites for hydroxylation is 3. The molecule has 4 rings (SSSR count). The predicted octanol–water partition coefficient (Wildman–Crippen LogP) is 4.02. The second-order valence-corrected chi connectivity index (χ2v) is 7.31. The van der Waals surface area contributed by atoms with E-state index in [1.807, 2.05) is 6.07 Å². The number of carbonyl (C=O) groups is 1. The number of nitrogens with one attached hydrogen (secondary N) is 1. The minimum atomic E-state index is -0.234. The lowest BCUT2D eigenvalue weighted by atomic mass is 10.1. The van der Waals surface area contributed by atoms with Gasteiger partial charge in [0.1, 0.15) is 18.1 Å². The normalized spacial score (nSPS) is 12.8. The summed E-state index contributed by atoms with van der Waals surface area (Å²) in [6.07, 6.45) is 7.58. The summed E-state index contributed by atoms with van der Waals surface area (Å²) in [4.78, 5) is 12.2. The lowest BCUT2D eigenvalue weighted by Gasteiger charge is -2.07. The van der Waals surface area contributed by atoms with Crippen LogP contribution in [0.4, 0.5) is 0 Å². The third-order valence-electron chi connectivity index (χ3n) is 4.79. The Morgan fingerprint density at radius 3 is 3.00 bits per heavy atom. The van der Waals surface area contributed by atoms with Crippen molar-refractivity contribution in [3.8, 4) is 5.75 Å². The van der Waals surface area contributed by atoms with Gasteiger partial charge >= 0.3 is 0 Å². The van der Waals surface area contributed by atoms with Gasteiger partial charge in [-0.25, -0.2) is 0 Å². The van der Waals surface area contributed by atoms with Gasteiger partial charge in [0.2, 0.25) is 0 Å². The van der Waals surface area contributed by atoms with Crippen LogP contribution in [0.2, 0.25) is 5.02 Å². The molecule has 0 radical (unpaired) electrons. The van der Waals surface area contributed by atoms with Gasteiger partial charge in [-0.05, 0) is 61.1 Å². The monoisotopic (exact) mass is 399 g/mol. The fraction of sp³-hybridized carbons (Fsp3) is 0.333. The number of hydrogen-bond donors (Lipinski definition) is 1. The Balaban J connectivity index is 1.22. The van der Waals surface area contributed by atoms with Gasteiger partial charge in [-0.1, -0.05) is 17.7 Å². The van der Waals surface area contributed by atoms with Gasteiger partial charge in [-0.2, -0.15) is 5.10 Å². The number of carbonyl (C=O) groups excluding carboxylic acids is 1. The highest BCUT2D eigenvalue weighted by Gasteiger charge is 2.13. The summed E-state index contributed by atoms with van der Waals surface area (Å²) in [5, 5.41) is 7.55. The number of fused-ring (bicyclic) bond motifs is 1. The minimum absolute atomic E-state index is 0.234. The van der Waals surface area contributed by atoms with Gasteiger partial charge in [0, 0.05) is 19.3 Å². The Hall–Kier alpha value is -2.73. The first kappa shape index (κ1) is 18.6. The van der Waals surface area contributed by atoms with E-state index in [1.54, 1.807) is 29.2 Å². The second kappa shape index (κ2) is 8.52. The minimum Gasteiger partial charge on any atom is -0.486 e. The standard InChI is InChI=1S/C21H22ClN3O3/c22-17-12-24-25(13-17)10-2-9-23-21(26)20-8-7-19(28-20)14-27-18-6-5-15-3-1-4-16(15)11-18/h5-8,11-13H,1-4,9-10,14H2,(H,23,26). The van der Waals surface area contributed by atoms with Crippen molar-refractivity contribution in [3.05, 3.63) is 70.4 Å². The first-order valence-corrected chi connectivity index (χ1v) is 9.85. The smallest absolute Gasteiger partial charge is 0.286 e. The first-order chi connectivity index (χ1) is 13.7. The molecule has 146 valence electrons. The zero-order chi connectivity index (χ0) is 19.3. The van der Waals surface area contributed by atoms with Gasteiger partial charge in [0.25, 0.3) is 5.91 Å². The third kappa shape index (κ3) is 4.57. The highest BCUT2D eigenvalue weighted by Crippen LogP contribution is 2.26. The Bertz CT molecular complexity index is 963. The number of aromatic nitrogens is 2. The predicted molar refractivity (Wildman–Crippen MR) is 106 cm³/mol. The van der Waals surface area contributed by atoms with E-state index in [0.29, 0.717) is 30.5 Å². The zero-order valence-corrected chi connectivity index (χ0v) is 16.2. The number of amides is 1. The molecule has 6 nitrogen and oxygen atoms in total. The van der Waals surface area contributed by atoms with Crippen LogP contribution in [0.1, 0.15) is 40.3 Å². The van der Waals surface area contributed by atoms with Crippen molar-refractivity contribution in [1.82, 2.24) is 15.1 Å². The van der Waals surface area contributed by atoms with Crippen molar-refractivity contribution >= 4 is 17.5 Å². The largest absolute Gasteiger partial charge is 0.486 e. The molecule has 2 heterocycles. The molecule has 2 aromatic heterocycles. The van der Waals surface area contributed by atoms with E-state index in [-0.39, 0.29) is 11.7 Å². The molecule has 28 heavy (non-hydrogen) atoms. The Morgan fingerprint density at radius 1 is 1.25 bits per heavy atom. The lowest BCUT2D eigenvalue weighted by molar-refractivity contribution is 0.0921. The molecule has 1 N–H and O–H groups in total. The van der Waals surface area contributed by atoms with Crippen LogP contribution in [0.5, 0.6) is 5.75 Å². The average molecular weight is 400 g/mol. The van der Waals surface area contributed by atoms with Crippen LogP contribution in [-0.4, -0.2) is 22.2 Å². The molecule has 0 atom stereocenters. The summed E-state index contributed by atoms with van der Waals surface area (Å²) in [5.74, 6) is 1.51. The van der Waals surface area contributed by atoms with Gasteiger partial charge in [0.05, 0.1) is 11.2 Å². The maximum Gasteiger partial charge on any atom is 0.286 e. The molecule has 0 bridgehead atoms. The molecular formula is C21H22ClN3O3. The fourth-order valence-corrected chi connectivity index (χ4v) is 3.52. The van der Waals surface area contributed by atoms with E-state index >= 15 is 0 Å². The molecule has 1 aromatic carbocycles. The summed E-state index contributed by atoms with van der Waals surface area (Å²) in [6.45, 7) is 1.51.